The summed E-state index contributed by atoms with van der Waals surface area (Å²) in [5.41, 5.74) is 2.98. The van der Waals surface area contributed by atoms with Crippen molar-refractivity contribution in [2.24, 2.45) is 16.3 Å². The van der Waals surface area contributed by atoms with E-state index in [1.54, 1.807) is 6.07 Å². The van der Waals surface area contributed by atoms with Crippen molar-refractivity contribution in [3.8, 4) is 0 Å². The summed E-state index contributed by atoms with van der Waals surface area (Å²) in [7, 11) is 0. The van der Waals surface area contributed by atoms with Crippen molar-refractivity contribution < 1.29 is 14.4 Å². The Hall–Kier alpha value is -2.56. The number of nitrogens with zero attached hydrogens (tertiary/aromatic N) is 1. The zero-order valence-corrected chi connectivity index (χ0v) is 15.0. The summed E-state index contributed by atoms with van der Waals surface area (Å²) < 4.78 is 0. The Morgan fingerprint density at radius 3 is 2.60 bits per heavy atom. The van der Waals surface area contributed by atoms with Crippen LogP contribution in [0.4, 0.5) is 5.69 Å². The van der Waals surface area contributed by atoms with Gasteiger partial charge >= 0.3 is 0 Å². The smallest absolute Gasteiger partial charge is 0.282 e. The third-order valence-electron chi connectivity index (χ3n) is 4.70. The molecule has 0 spiro atoms. The summed E-state index contributed by atoms with van der Waals surface area (Å²) in [4.78, 5) is 41.3. The van der Waals surface area contributed by atoms with Gasteiger partial charge in [-0.2, -0.15) is 0 Å². The van der Waals surface area contributed by atoms with Crippen molar-refractivity contribution in [2.75, 3.05) is 5.32 Å². The second-order valence-corrected chi connectivity index (χ2v) is 7.72. The zero-order chi connectivity index (χ0) is 18.4. The number of nitrogens with one attached hydrogen (secondary N) is 1. The van der Waals surface area contributed by atoms with E-state index in [1.807, 2.05) is 39.8 Å². The predicted molar refractivity (Wildman–Crippen MR) is 96.6 cm³/mol. The number of carbonyl (C=O) groups excluding carboxylic acids is 3. The van der Waals surface area contributed by atoms with Gasteiger partial charge in [0.1, 0.15) is 11.4 Å². The Kier molecular flexibility index (Phi) is 4.19. The number of dihydropyridines is 1. The summed E-state index contributed by atoms with van der Waals surface area (Å²) in [6.45, 7) is 7.83. The highest BCUT2D eigenvalue weighted by Crippen LogP contribution is 2.37. The fourth-order valence-corrected chi connectivity index (χ4v) is 3.47. The van der Waals surface area contributed by atoms with Gasteiger partial charge in [0.25, 0.3) is 11.8 Å². The second kappa shape index (κ2) is 6.06. The van der Waals surface area contributed by atoms with E-state index in [4.69, 9.17) is 0 Å². The van der Waals surface area contributed by atoms with E-state index < -0.39 is 17.7 Å². The predicted octanol–water partition coefficient (Wildman–Crippen LogP) is 3.15. The van der Waals surface area contributed by atoms with Crippen LogP contribution in [0.5, 0.6) is 0 Å². The fraction of sp³-hybridized carbons (Fsp3) is 0.400. The minimum Gasteiger partial charge on any atom is -0.322 e. The molecular formula is C20H22N2O3. The topological polar surface area (TPSA) is 75.6 Å². The van der Waals surface area contributed by atoms with E-state index in [1.165, 1.54) is 6.08 Å². The maximum absolute atomic E-state index is 12.5. The van der Waals surface area contributed by atoms with Gasteiger partial charge in [-0.1, -0.05) is 31.5 Å². The van der Waals surface area contributed by atoms with Crippen LogP contribution in [0.25, 0.3) is 0 Å². The van der Waals surface area contributed by atoms with Gasteiger partial charge in [-0.25, -0.2) is 4.99 Å². The molecule has 1 aliphatic carbocycles. The number of hydrogen-bond acceptors (Lipinski definition) is 3. The molecular weight excluding hydrogens is 316 g/mol. The molecule has 1 aliphatic heterocycles. The third kappa shape index (κ3) is 3.45. The molecule has 1 atom stereocenters. The minimum atomic E-state index is -0.570. The first-order chi connectivity index (χ1) is 11.7. The molecule has 3 rings (SSSR count). The molecule has 1 aromatic carbocycles. The molecule has 2 amide bonds. The Balaban J connectivity index is 1.85. The van der Waals surface area contributed by atoms with Crippen LogP contribution in [-0.2, 0) is 14.4 Å². The van der Waals surface area contributed by atoms with Crippen LogP contribution in [0.3, 0.4) is 0 Å². The van der Waals surface area contributed by atoms with E-state index >= 15 is 0 Å². The van der Waals surface area contributed by atoms with Crippen LogP contribution in [0.15, 0.2) is 34.8 Å². The first-order valence-corrected chi connectivity index (χ1v) is 8.41. The van der Waals surface area contributed by atoms with Crippen LogP contribution in [0, 0.1) is 25.2 Å². The van der Waals surface area contributed by atoms with E-state index in [0.29, 0.717) is 24.2 Å². The van der Waals surface area contributed by atoms with Crippen LogP contribution in [0.1, 0.15) is 37.8 Å². The Morgan fingerprint density at radius 2 is 1.92 bits per heavy atom. The number of benzene rings is 1. The highest BCUT2D eigenvalue weighted by molar-refractivity contribution is 6.29. The Morgan fingerprint density at radius 1 is 1.20 bits per heavy atom. The average molecular weight is 338 g/mol. The number of fused-ring (bicyclic) bond motifs is 1. The quantitative estimate of drug-likeness (QED) is 0.842. The lowest BCUT2D eigenvalue weighted by molar-refractivity contribution is -0.122. The molecule has 1 fully saturated rings. The lowest BCUT2D eigenvalue weighted by atomic mass is 9.70. The number of allylic oxidation sites excluding steroid dienone is 1. The van der Waals surface area contributed by atoms with Crippen molar-refractivity contribution >= 4 is 29.0 Å². The number of ketones is 1. The first kappa shape index (κ1) is 17.3. The molecule has 130 valence electrons. The number of hydrogen-bond donors (Lipinski definition) is 1. The van der Waals surface area contributed by atoms with Gasteiger partial charge in [-0.15, -0.1) is 0 Å². The monoisotopic (exact) mass is 338 g/mol. The van der Waals surface area contributed by atoms with Gasteiger partial charge in [0.2, 0.25) is 0 Å². The molecule has 25 heavy (non-hydrogen) atoms. The van der Waals surface area contributed by atoms with Crippen molar-refractivity contribution in [1.82, 2.24) is 0 Å². The van der Waals surface area contributed by atoms with E-state index in [9.17, 15) is 14.4 Å². The summed E-state index contributed by atoms with van der Waals surface area (Å²) in [6.07, 6.45) is 2.51. The molecule has 5 nitrogen and oxygen atoms in total. The number of carbonyl (C=O) groups is 3. The van der Waals surface area contributed by atoms with Crippen molar-refractivity contribution in [2.45, 2.75) is 40.5 Å². The molecule has 1 N–H and O–H groups in total. The molecule has 0 aromatic heterocycles. The molecule has 0 bridgehead atoms. The normalized spacial score (nSPS) is 22.0. The maximum Gasteiger partial charge on any atom is 0.282 e. The number of amides is 2. The maximum atomic E-state index is 12.5. The summed E-state index contributed by atoms with van der Waals surface area (Å²) in [6, 6.07) is 5.65. The Labute approximate surface area is 147 Å². The largest absolute Gasteiger partial charge is 0.322 e. The second-order valence-electron chi connectivity index (χ2n) is 7.72. The van der Waals surface area contributed by atoms with Gasteiger partial charge in [0.15, 0.2) is 0 Å². The fourth-order valence-electron chi connectivity index (χ4n) is 3.47. The van der Waals surface area contributed by atoms with Gasteiger partial charge in [0, 0.05) is 17.8 Å². The number of aryl methyl sites for hydroxylation is 2. The van der Waals surface area contributed by atoms with Gasteiger partial charge in [-0.3, -0.25) is 14.4 Å². The van der Waals surface area contributed by atoms with Crippen LogP contribution < -0.4 is 5.32 Å². The summed E-state index contributed by atoms with van der Waals surface area (Å²) in [5.74, 6) is -1.62. The zero-order valence-electron chi connectivity index (χ0n) is 15.0. The highest BCUT2D eigenvalue weighted by Gasteiger charge is 2.40. The van der Waals surface area contributed by atoms with Crippen molar-refractivity contribution in [3.05, 3.63) is 41.0 Å². The molecule has 1 saturated carbocycles. The van der Waals surface area contributed by atoms with Gasteiger partial charge in [0.05, 0.1) is 5.92 Å². The third-order valence-corrected chi connectivity index (χ3v) is 4.70. The summed E-state index contributed by atoms with van der Waals surface area (Å²) in [5, 5.41) is 2.76. The molecule has 1 heterocycles. The molecule has 5 heteroatoms. The van der Waals surface area contributed by atoms with E-state index in [-0.39, 0.29) is 16.8 Å². The molecule has 2 aliphatic rings. The van der Waals surface area contributed by atoms with Gasteiger partial charge in [-0.05, 0) is 43.4 Å². The van der Waals surface area contributed by atoms with Crippen molar-refractivity contribution in [1.29, 1.82) is 0 Å². The van der Waals surface area contributed by atoms with Crippen LogP contribution >= 0.6 is 0 Å². The van der Waals surface area contributed by atoms with Crippen LogP contribution in [-0.4, -0.2) is 23.3 Å². The van der Waals surface area contributed by atoms with Gasteiger partial charge < -0.3 is 5.32 Å². The SMILES string of the molecule is Cc1ccc(NC(=O)C2=CC3C(=O)CC(C)(C)CC3=NC2=O)c(C)c1. The molecule has 1 unspecified atom stereocenters. The molecule has 1 aromatic rings. The highest BCUT2D eigenvalue weighted by atomic mass is 16.2. The lowest BCUT2D eigenvalue weighted by Crippen LogP contribution is -2.40. The Bertz CT molecular complexity index is 846. The number of Topliss-reactive ketones (excluding diaryl/α,β-unsaturated/α-hetero) is 1. The molecule has 0 radical (unpaired) electrons. The number of anilines is 1. The first-order valence-electron chi connectivity index (χ1n) is 8.41. The average Bonchev–Trinajstić information content (AvgIpc) is 2.48. The minimum absolute atomic E-state index is 0.0133. The number of aliphatic imine (C=N–C) groups is 1. The van der Waals surface area contributed by atoms with Crippen LogP contribution in [0.2, 0.25) is 0 Å². The summed E-state index contributed by atoms with van der Waals surface area (Å²) >= 11 is 0. The number of rotatable bonds is 2. The standard InChI is InChI=1S/C20H22N2O3/c1-11-5-6-15(12(2)7-11)21-18(24)14-8-13-16(22-19(14)25)9-20(3,4)10-17(13)23/h5-8,13H,9-10H2,1-4H3,(H,21,24). The lowest BCUT2D eigenvalue weighted by Gasteiger charge is -2.34. The van der Waals surface area contributed by atoms with E-state index in [2.05, 4.69) is 10.3 Å². The van der Waals surface area contributed by atoms with E-state index in [0.717, 1.165) is 11.1 Å². The molecule has 0 saturated heterocycles. The van der Waals surface area contributed by atoms with Crippen molar-refractivity contribution in [3.63, 3.8) is 0 Å².